The van der Waals surface area contributed by atoms with Gasteiger partial charge in [0.25, 0.3) is 5.91 Å². The van der Waals surface area contributed by atoms with Crippen LogP contribution in [0.4, 0.5) is 11.4 Å². The second-order valence-corrected chi connectivity index (χ2v) is 7.08. The molecule has 0 aliphatic rings. The highest BCUT2D eigenvalue weighted by Crippen LogP contribution is 2.19. The zero-order chi connectivity index (χ0) is 22.2. The Hall–Kier alpha value is -3.68. The average Bonchev–Trinajstić information content (AvgIpc) is 2.77. The molecule has 0 bridgehead atoms. The van der Waals surface area contributed by atoms with Crippen molar-refractivity contribution in [1.82, 2.24) is 5.43 Å². The molecule has 3 amide bonds. The third-order valence-corrected chi connectivity index (χ3v) is 4.48. The van der Waals surface area contributed by atoms with Crippen molar-refractivity contribution in [2.45, 2.75) is 0 Å². The quantitative estimate of drug-likeness (QED) is 0.303. The van der Waals surface area contributed by atoms with Crippen LogP contribution in [0, 0.1) is 0 Å². The molecule has 0 saturated heterocycles. The molecule has 9 heteroatoms. The molecule has 0 unspecified atom stereocenters. The number of carbonyl (C=O) groups excluding carboxylic acids is 3. The first-order chi connectivity index (χ1) is 14.9. The number of benzene rings is 3. The first kappa shape index (κ1) is 22.0. The SMILES string of the molecule is O=C(NN=Cc1ccc(Cl)cc1)C(=O)Nc1ccccc1C(=O)Nc1ccc(Cl)cc1. The molecule has 0 heterocycles. The maximum Gasteiger partial charge on any atom is 0.329 e. The fourth-order valence-corrected chi connectivity index (χ4v) is 2.72. The van der Waals surface area contributed by atoms with Crippen molar-refractivity contribution in [2.24, 2.45) is 5.10 Å². The van der Waals surface area contributed by atoms with E-state index in [1.165, 1.54) is 18.3 Å². The number of hydrogen-bond acceptors (Lipinski definition) is 4. The monoisotopic (exact) mass is 454 g/mol. The Morgan fingerprint density at radius 2 is 1.35 bits per heavy atom. The summed E-state index contributed by atoms with van der Waals surface area (Å²) in [4.78, 5) is 36.8. The topological polar surface area (TPSA) is 99.7 Å². The summed E-state index contributed by atoms with van der Waals surface area (Å²) in [5.74, 6) is -2.42. The molecule has 3 aromatic carbocycles. The van der Waals surface area contributed by atoms with Crippen molar-refractivity contribution in [3.63, 3.8) is 0 Å². The summed E-state index contributed by atoms with van der Waals surface area (Å²) >= 11 is 11.6. The van der Waals surface area contributed by atoms with E-state index in [0.717, 1.165) is 0 Å². The molecule has 0 atom stereocenters. The Kier molecular flexibility index (Phi) is 7.37. The number of nitrogens with one attached hydrogen (secondary N) is 3. The zero-order valence-electron chi connectivity index (χ0n) is 15.9. The molecule has 0 aromatic heterocycles. The molecule has 3 aromatic rings. The Balaban J connectivity index is 1.63. The van der Waals surface area contributed by atoms with E-state index in [2.05, 4.69) is 21.2 Å². The van der Waals surface area contributed by atoms with Crippen LogP contribution >= 0.6 is 23.2 Å². The largest absolute Gasteiger partial charge is 0.329 e. The molecule has 156 valence electrons. The molecule has 0 aliphatic carbocycles. The smallest absolute Gasteiger partial charge is 0.322 e. The van der Waals surface area contributed by atoms with Crippen molar-refractivity contribution in [1.29, 1.82) is 0 Å². The van der Waals surface area contributed by atoms with Crippen LogP contribution < -0.4 is 16.1 Å². The summed E-state index contributed by atoms with van der Waals surface area (Å²) in [6.07, 6.45) is 1.37. The van der Waals surface area contributed by atoms with Crippen LogP contribution in [0.25, 0.3) is 0 Å². The predicted molar refractivity (Wildman–Crippen MR) is 122 cm³/mol. The lowest BCUT2D eigenvalue weighted by Gasteiger charge is -2.11. The van der Waals surface area contributed by atoms with E-state index < -0.39 is 17.7 Å². The van der Waals surface area contributed by atoms with Crippen molar-refractivity contribution >= 4 is 58.5 Å². The summed E-state index contributed by atoms with van der Waals surface area (Å²) in [5.41, 5.74) is 3.71. The number of amides is 3. The fraction of sp³-hybridized carbons (Fsp3) is 0. The van der Waals surface area contributed by atoms with Gasteiger partial charge in [-0.25, -0.2) is 5.43 Å². The summed E-state index contributed by atoms with van der Waals surface area (Å²) < 4.78 is 0. The standard InChI is InChI=1S/C22H16Cl2N4O3/c23-15-7-5-14(6-8-15)13-25-28-22(31)21(30)27-19-4-2-1-3-18(19)20(29)26-17-11-9-16(24)10-12-17/h1-13H,(H,26,29)(H,27,30)(H,28,31). The van der Waals surface area contributed by atoms with E-state index in [1.54, 1.807) is 60.7 Å². The number of nitrogens with zero attached hydrogens (tertiary/aromatic N) is 1. The lowest BCUT2D eigenvalue weighted by atomic mass is 10.1. The number of rotatable bonds is 5. The number of carbonyl (C=O) groups is 3. The molecule has 0 saturated carbocycles. The van der Waals surface area contributed by atoms with Gasteiger partial charge in [-0.1, -0.05) is 47.5 Å². The average molecular weight is 455 g/mol. The molecule has 0 radical (unpaired) electrons. The van der Waals surface area contributed by atoms with Crippen molar-refractivity contribution in [3.8, 4) is 0 Å². The van der Waals surface area contributed by atoms with Crippen LogP contribution in [0.2, 0.25) is 10.0 Å². The summed E-state index contributed by atoms with van der Waals surface area (Å²) in [6.45, 7) is 0. The minimum Gasteiger partial charge on any atom is -0.322 e. The van der Waals surface area contributed by atoms with Gasteiger partial charge in [-0.3, -0.25) is 14.4 Å². The van der Waals surface area contributed by atoms with Crippen LogP contribution in [-0.2, 0) is 9.59 Å². The first-order valence-corrected chi connectivity index (χ1v) is 9.74. The minimum atomic E-state index is -0.988. The van der Waals surface area contributed by atoms with Gasteiger partial charge in [-0.2, -0.15) is 5.10 Å². The van der Waals surface area contributed by atoms with Gasteiger partial charge in [0, 0.05) is 15.7 Å². The van der Waals surface area contributed by atoms with Gasteiger partial charge in [-0.05, 0) is 54.1 Å². The van der Waals surface area contributed by atoms with Crippen LogP contribution in [0.1, 0.15) is 15.9 Å². The third kappa shape index (κ3) is 6.40. The molecular formula is C22H16Cl2N4O3. The van der Waals surface area contributed by atoms with E-state index >= 15 is 0 Å². The van der Waals surface area contributed by atoms with E-state index in [9.17, 15) is 14.4 Å². The summed E-state index contributed by atoms with van der Waals surface area (Å²) in [5, 5.41) is 9.96. The summed E-state index contributed by atoms with van der Waals surface area (Å²) in [7, 11) is 0. The highest BCUT2D eigenvalue weighted by atomic mass is 35.5. The van der Waals surface area contributed by atoms with Crippen LogP contribution in [-0.4, -0.2) is 23.9 Å². The third-order valence-electron chi connectivity index (χ3n) is 3.98. The number of hydrazone groups is 1. The van der Waals surface area contributed by atoms with Crippen molar-refractivity contribution in [3.05, 3.63) is 94.0 Å². The molecule has 0 aliphatic heterocycles. The molecular weight excluding hydrogens is 439 g/mol. The number of para-hydroxylation sites is 1. The van der Waals surface area contributed by atoms with Gasteiger partial charge in [0.15, 0.2) is 0 Å². The predicted octanol–water partition coefficient (Wildman–Crippen LogP) is 4.33. The molecule has 3 N–H and O–H groups in total. The van der Waals surface area contributed by atoms with Crippen LogP contribution in [0.3, 0.4) is 0 Å². The van der Waals surface area contributed by atoms with E-state index in [0.29, 0.717) is 21.3 Å². The van der Waals surface area contributed by atoms with Crippen LogP contribution in [0.15, 0.2) is 77.9 Å². The normalized spacial score (nSPS) is 10.5. The van der Waals surface area contributed by atoms with Gasteiger partial charge < -0.3 is 10.6 Å². The Bertz CT molecular complexity index is 1130. The van der Waals surface area contributed by atoms with Gasteiger partial charge in [-0.15, -0.1) is 0 Å². The maximum atomic E-state index is 12.6. The van der Waals surface area contributed by atoms with Gasteiger partial charge in [0.05, 0.1) is 17.5 Å². The molecule has 31 heavy (non-hydrogen) atoms. The minimum absolute atomic E-state index is 0.177. The highest BCUT2D eigenvalue weighted by Gasteiger charge is 2.17. The molecule has 7 nitrogen and oxygen atoms in total. The Labute approximate surface area is 188 Å². The summed E-state index contributed by atoms with van der Waals surface area (Å²) in [6, 6.07) is 19.6. The van der Waals surface area contributed by atoms with Crippen molar-refractivity contribution in [2.75, 3.05) is 10.6 Å². The van der Waals surface area contributed by atoms with Crippen LogP contribution in [0.5, 0.6) is 0 Å². The lowest BCUT2D eigenvalue weighted by molar-refractivity contribution is -0.136. The maximum absolute atomic E-state index is 12.6. The second kappa shape index (κ2) is 10.4. The Morgan fingerprint density at radius 3 is 2.03 bits per heavy atom. The molecule has 0 fully saturated rings. The van der Waals surface area contributed by atoms with Gasteiger partial charge >= 0.3 is 11.8 Å². The molecule has 0 spiro atoms. The second-order valence-electron chi connectivity index (χ2n) is 6.21. The molecule has 3 rings (SSSR count). The zero-order valence-corrected chi connectivity index (χ0v) is 17.4. The van der Waals surface area contributed by atoms with E-state index in [-0.39, 0.29) is 11.3 Å². The number of halogens is 2. The van der Waals surface area contributed by atoms with Gasteiger partial charge in [0.2, 0.25) is 0 Å². The lowest BCUT2D eigenvalue weighted by Crippen LogP contribution is -2.33. The van der Waals surface area contributed by atoms with Crippen molar-refractivity contribution < 1.29 is 14.4 Å². The number of hydrogen-bond donors (Lipinski definition) is 3. The van der Waals surface area contributed by atoms with E-state index in [4.69, 9.17) is 23.2 Å². The van der Waals surface area contributed by atoms with E-state index in [1.807, 2.05) is 0 Å². The van der Waals surface area contributed by atoms with Gasteiger partial charge in [0.1, 0.15) is 0 Å². The highest BCUT2D eigenvalue weighted by molar-refractivity contribution is 6.40. The first-order valence-electron chi connectivity index (χ1n) is 8.98. The fourth-order valence-electron chi connectivity index (χ4n) is 2.47. The number of anilines is 2. The Morgan fingerprint density at radius 1 is 0.742 bits per heavy atom.